The molecule has 2 aromatic carbocycles. The van der Waals surface area contributed by atoms with Crippen molar-refractivity contribution >= 4 is 5.91 Å². The molecule has 0 aromatic heterocycles. The van der Waals surface area contributed by atoms with Crippen LogP contribution in [0.25, 0.3) is 0 Å². The average Bonchev–Trinajstić information content (AvgIpc) is 3.04. The zero-order valence-corrected chi connectivity index (χ0v) is 17.4. The molecular weight excluding hydrogens is 370 g/mol. The highest BCUT2D eigenvalue weighted by atomic mass is 16.5. The lowest BCUT2D eigenvalue weighted by molar-refractivity contribution is -0.134. The molecule has 6 nitrogen and oxygen atoms in total. The van der Waals surface area contributed by atoms with E-state index in [1.807, 2.05) is 35.2 Å². The van der Waals surface area contributed by atoms with Gasteiger partial charge in [-0.15, -0.1) is 0 Å². The lowest BCUT2D eigenvalue weighted by atomic mass is 9.99. The summed E-state index contributed by atoms with van der Waals surface area (Å²) in [5, 5.41) is 0. The highest BCUT2D eigenvalue weighted by Gasteiger charge is 2.32. The Labute approximate surface area is 171 Å². The number of carbonyl (C=O) groups is 1. The zero-order chi connectivity index (χ0) is 20.6. The first-order valence-electron chi connectivity index (χ1n) is 9.85. The Morgan fingerprint density at radius 1 is 1.07 bits per heavy atom. The Bertz CT molecular complexity index is 937. The topological polar surface area (TPSA) is 57.2 Å². The number of carbonyl (C=O) groups excluding carboxylic acids is 1. The average molecular weight is 397 g/mol. The van der Waals surface area contributed by atoms with Crippen LogP contribution in [0.5, 0.6) is 23.0 Å². The third-order valence-corrected chi connectivity index (χ3v) is 5.48. The molecule has 0 atom stereocenters. The fourth-order valence-electron chi connectivity index (χ4n) is 4.03. The van der Waals surface area contributed by atoms with Gasteiger partial charge in [0.1, 0.15) is 5.60 Å². The van der Waals surface area contributed by atoms with Crippen molar-refractivity contribution in [3.8, 4) is 23.0 Å². The van der Waals surface area contributed by atoms with Gasteiger partial charge in [0.05, 0.1) is 14.2 Å². The predicted molar refractivity (Wildman–Crippen MR) is 109 cm³/mol. The summed E-state index contributed by atoms with van der Waals surface area (Å²) in [5.74, 6) is 2.74. The molecule has 6 heteroatoms. The van der Waals surface area contributed by atoms with Gasteiger partial charge in [-0.1, -0.05) is 12.1 Å². The minimum absolute atomic E-state index is 0.0110. The van der Waals surface area contributed by atoms with Gasteiger partial charge in [-0.25, -0.2) is 0 Å². The Hall–Kier alpha value is -2.89. The Morgan fingerprint density at radius 3 is 2.52 bits per heavy atom. The number of ether oxygens (including phenoxy) is 4. The number of amides is 1. The van der Waals surface area contributed by atoms with Gasteiger partial charge in [0.15, 0.2) is 29.6 Å². The van der Waals surface area contributed by atoms with E-state index in [0.29, 0.717) is 24.6 Å². The Balaban J connectivity index is 1.43. The minimum atomic E-state index is -0.248. The molecule has 2 heterocycles. The lowest BCUT2D eigenvalue weighted by Gasteiger charge is -2.29. The standard InChI is InChI=1S/C23H27NO5/c1-23(2)12-16-6-5-7-18(22(16)29-23)28-14-21(25)24-9-8-15-10-19(26-3)20(27-4)11-17(15)13-24/h5-7,10-11H,8-9,12-14H2,1-4H3. The summed E-state index contributed by atoms with van der Waals surface area (Å²) in [6.07, 6.45) is 1.61. The van der Waals surface area contributed by atoms with E-state index < -0.39 is 0 Å². The van der Waals surface area contributed by atoms with E-state index in [4.69, 9.17) is 18.9 Å². The van der Waals surface area contributed by atoms with E-state index >= 15 is 0 Å². The molecule has 2 aliphatic rings. The SMILES string of the molecule is COc1cc2c(cc1OC)CN(C(=O)COc1cccc3c1OC(C)(C)C3)CC2. The van der Waals surface area contributed by atoms with Crippen molar-refractivity contribution in [2.45, 2.75) is 38.8 Å². The molecule has 0 fully saturated rings. The normalized spacial score (nSPS) is 16.5. The molecule has 0 radical (unpaired) electrons. The van der Waals surface area contributed by atoms with Crippen molar-refractivity contribution in [2.24, 2.45) is 0 Å². The van der Waals surface area contributed by atoms with Crippen molar-refractivity contribution < 1.29 is 23.7 Å². The number of benzene rings is 2. The molecule has 0 N–H and O–H groups in total. The highest BCUT2D eigenvalue weighted by molar-refractivity contribution is 5.78. The number of fused-ring (bicyclic) bond motifs is 2. The van der Waals surface area contributed by atoms with Gasteiger partial charge in [0.2, 0.25) is 0 Å². The van der Waals surface area contributed by atoms with Crippen LogP contribution in [0.15, 0.2) is 30.3 Å². The van der Waals surface area contributed by atoms with Crippen LogP contribution < -0.4 is 18.9 Å². The van der Waals surface area contributed by atoms with Crippen molar-refractivity contribution in [3.63, 3.8) is 0 Å². The van der Waals surface area contributed by atoms with Gasteiger partial charge >= 0.3 is 0 Å². The van der Waals surface area contributed by atoms with Gasteiger partial charge < -0.3 is 23.8 Å². The second kappa shape index (κ2) is 7.50. The van der Waals surface area contributed by atoms with Crippen LogP contribution in [0.2, 0.25) is 0 Å². The molecule has 2 aromatic rings. The van der Waals surface area contributed by atoms with Crippen LogP contribution in [-0.2, 0) is 24.2 Å². The maximum Gasteiger partial charge on any atom is 0.260 e. The summed E-state index contributed by atoms with van der Waals surface area (Å²) in [4.78, 5) is 14.6. The van der Waals surface area contributed by atoms with E-state index in [2.05, 4.69) is 13.8 Å². The highest BCUT2D eigenvalue weighted by Crippen LogP contribution is 2.41. The van der Waals surface area contributed by atoms with Crippen molar-refractivity contribution in [1.29, 1.82) is 0 Å². The molecule has 154 valence electrons. The van der Waals surface area contributed by atoms with E-state index in [1.54, 1.807) is 14.2 Å². The molecule has 1 amide bonds. The molecule has 2 aliphatic heterocycles. The fourth-order valence-corrected chi connectivity index (χ4v) is 4.03. The van der Waals surface area contributed by atoms with Crippen LogP contribution in [-0.4, -0.2) is 43.8 Å². The summed E-state index contributed by atoms with van der Waals surface area (Å²) in [6, 6.07) is 9.80. The number of para-hydroxylation sites is 1. The smallest absolute Gasteiger partial charge is 0.260 e. The first-order valence-corrected chi connectivity index (χ1v) is 9.85. The molecule has 4 rings (SSSR count). The van der Waals surface area contributed by atoms with Crippen LogP contribution in [0.4, 0.5) is 0 Å². The van der Waals surface area contributed by atoms with E-state index in [9.17, 15) is 4.79 Å². The van der Waals surface area contributed by atoms with E-state index in [-0.39, 0.29) is 18.1 Å². The van der Waals surface area contributed by atoms with Crippen molar-refractivity contribution in [3.05, 3.63) is 47.0 Å². The van der Waals surface area contributed by atoms with Gasteiger partial charge in [-0.3, -0.25) is 4.79 Å². The molecule has 29 heavy (non-hydrogen) atoms. The molecule has 0 unspecified atom stereocenters. The van der Waals surface area contributed by atoms with Gasteiger partial charge in [-0.05, 0) is 49.6 Å². The van der Waals surface area contributed by atoms with Crippen LogP contribution in [0, 0.1) is 0 Å². The summed E-state index contributed by atoms with van der Waals surface area (Å²) in [5.41, 5.74) is 3.13. The van der Waals surface area contributed by atoms with Gasteiger partial charge in [0.25, 0.3) is 5.91 Å². The second-order valence-corrected chi connectivity index (χ2v) is 8.11. The first kappa shape index (κ1) is 19.4. The number of rotatable bonds is 5. The van der Waals surface area contributed by atoms with Gasteiger partial charge in [0, 0.05) is 25.1 Å². The third-order valence-electron chi connectivity index (χ3n) is 5.48. The van der Waals surface area contributed by atoms with Crippen LogP contribution in [0.1, 0.15) is 30.5 Å². The molecule has 0 saturated heterocycles. The molecule has 0 spiro atoms. The summed E-state index contributed by atoms with van der Waals surface area (Å²) in [6.45, 7) is 5.28. The molecule has 0 bridgehead atoms. The van der Waals surface area contributed by atoms with Crippen LogP contribution in [0.3, 0.4) is 0 Å². The van der Waals surface area contributed by atoms with Gasteiger partial charge in [-0.2, -0.15) is 0 Å². The summed E-state index contributed by atoms with van der Waals surface area (Å²) in [7, 11) is 3.25. The maximum atomic E-state index is 12.8. The summed E-state index contributed by atoms with van der Waals surface area (Å²) >= 11 is 0. The predicted octanol–water partition coefficient (Wildman–Crippen LogP) is 3.38. The monoisotopic (exact) mass is 397 g/mol. The fraction of sp³-hybridized carbons (Fsp3) is 0.435. The Morgan fingerprint density at radius 2 is 1.79 bits per heavy atom. The lowest BCUT2D eigenvalue weighted by Crippen LogP contribution is -2.38. The van der Waals surface area contributed by atoms with Crippen molar-refractivity contribution in [2.75, 3.05) is 27.4 Å². The quantitative estimate of drug-likeness (QED) is 0.774. The van der Waals surface area contributed by atoms with E-state index in [1.165, 1.54) is 5.56 Å². The molecule has 0 aliphatic carbocycles. The molecular formula is C23H27NO5. The summed E-state index contributed by atoms with van der Waals surface area (Å²) < 4.78 is 22.7. The first-order chi connectivity index (χ1) is 13.9. The minimum Gasteiger partial charge on any atom is -0.493 e. The Kier molecular flexibility index (Phi) is 5.03. The van der Waals surface area contributed by atoms with Crippen LogP contribution >= 0.6 is 0 Å². The second-order valence-electron chi connectivity index (χ2n) is 8.11. The zero-order valence-electron chi connectivity index (χ0n) is 17.4. The van der Waals surface area contributed by atoms with Crippen molar-refractivity contribution in [1.82, 2.24) is 4.90 Å². The number of hydrogen-bond acceptors (Lipinski definition) is 5. The number of nitrogens with zero attached hydrogens (tertiary/aromatic N) is 1. The van der Waals surface area contributed by atoms with E-state index in [0.717, 1.165) is 35.5 Å². The molecule has 0 saturated carbocycles. The number of methoxy groups -OCH3 is 2. The third kappa shape index (κ3) is 3.84. The maximum absolute atomic E-state index is 12.8. The number of hydrogen-bond donors (Lipinski definition) is 0. The largest absolute Gasteiger partial charge is 0.493 e.